The smallest absolute Gasteiger partial charge is 0.0241 e. The van der Waals surface area contributed by atoms with Crippen LogP contribution in [0.5, 0.6) is 0 Å². The molecule has 0 spiro atoms. The summed E-state index contributed by atoms with van der Waals surface area (Å²) in [5.74, 6) is 1.89. The molecule has 0 heteroatoms. The summed E-state index contributed by atoms with van der Waals surface area (Å²) >= 11 is 0. The third kappa shape index (κ3) is 5.67. The zero-order chi connectivity index (χ0) is 10.1. The highest BCUT2D eigenvalue weighted by atomic mass is 14.2. The van der Waals surface area contributed by atoms with Crippen LogP contribution in [0.1, 0.15) is 84.0 Å². The van der Waals surface area contributed by atoms with Crippen LogP contribution >= 0.6 is 0 Å². The van der Waals surface area contributed by atoms with E-state index in [4.69, 9.17) is 0 Å². The third-order valence-electron chi connectivity index (χ3n) is 3.44. The van der Waals surface area contributed by atoms with E-state index in [2.05, 4.69) is 6.92 Å². The van der Waals surface area contributed by atoms with Crippen LogP contribution in [0.15, 0.2) is 0 Å². The van der Waals surface area contributed by atoms with Gasteiger partial charge < -0.3 is 0 Å². The van der Waals surface area contributed by atoms with Gasteiger partial charge in [0.2, 0.25) is 0 Å². The van der Waals surface area contributed by atoms with Crippen LogP contribution in [0.25, 0.3) is 0 Å². The van der Waals surface area contributed by atoms with Crippen molar-refractivity contribution in [2.45, 2.75) is 84.0 Å². The lowest BCUT2D eigenvalue weighted by Crippen LogP contribution is -2.01. The van der Waals surface area contributed by atoms with Gasteiger partial charge in [0.15, 0.2) is 0 Å². The second kappa shape index (κ2) is 8.32. The average Bonchev–Trinajstić information content (AvgIpc) is 2.15. The minimum atomic E-state index is 1.37. The molecule has 0 unspecified atom stereocenters. The predicted molar refractivity (Wildman–Crippen MR) is 64.3 cm³/mol. The minimum absolute atomic E-state index is 1.37. The Morgan fingerprint density at radius 2 is 1.43 bits per heavy atom. The Morgan fingerprint density at radius 3 is 2.07 bits per heavy atom. The summed E-state index contributed by atoms with van der Waals surface area (Å²) in [6.07, 6.45) is 17.5. The Morgan fingerprint density at radius 1 is 0.786 bits per heavy atom. The monoisotopic (exact) mass is 195 g/mol. The highest BCUT2D eigenvalue weighted by Gasteiger charge is 2.10. The molecule has 1 rings (SSSR count). The van der Waals surface area contributed by atoms with Crippen molar-refractivity contribution < 1.29 is 0 Å². The van der Waals surface area contributed by atoms with E-state index in [0.717, 1.165) is 0 Å². The highest BCUT2D eigenvalue weighted by molar-refractivity contribution is 4.89. The molecule has 1 fully saturated rings. The summed E-state index contributed by atoms with van der Waals surface area (Å²) < 4.78 is 0. The number of unbranched alkanes of at least 4 members (excludes halogenated alkanes) is 3. The normalized spacial score (nSPS) is 20.4. The van der Waals surface area contributed by atoms with Gasteiger partial charge in [-0.2, -0.15) is 0 Å². The van der Waals surface area contributed by atoms with Gasteiger partial charge in [-0.15, -0.1) is 0 Å². The van der Waals surface area contributed by atoms with Gasteiger partial charge in [0.05, 0.1) is 0 Å². The van der Waals surface area contributed by atoms with Crippen molar-refractivity contribution in [3.05, 3.63) is 5.92 Å². The molecular formula is C14H27. The zero-order valence-corrected chi connectivity index (χ0v) is 9.99. The van der Waals surface area contributed by atoms with Crippen LogP contribution in [0.2, 0.25) is 0 Å². The van der Waals surface area contributed by atoms with Crippen molar-refractivity contribution in [1.82, 2.24) is 0 Å². The molecule has 1 saturated carbocycles. The van der Waals surface area contributed by atoms with Gasteiger partial charge in [0.1, 0.15) is 0 Å². The Balaban J connectivity index is 2.02. The Labute approximate surface area is 90.5 Å². The quantitative estimate of drug-likeness (QED) is 0.524. The van der Waals surface area contributed by atoms with Crippen molar-refractivity contribution >= 4 is 0 Å². The number of rotatable bonds is 5. The maximum atomic E-state index is 2.29. The molecule has 0 aromatic rings. The van der Waals surface area contributed by atoms with Gasteiger partial charge in [0, 0.05) is 0 Å². The molecule has 83 valence electrons. The summed E-state index contributed by atoms with van der Waals surface area (Å²) in [5, 5.41) is 0. The molecule has 1 radical (unpaired) electrons. The molecule has 1 aliphatic rings. The van der Waals surface area contributed by atoms with Gasteiger partial charge >= 0.3 is 0 Å². The number of hydrogen-bond acceptors (Lipinski definition) is 0. The van der Waals surface area contributed by atoms with Gasteiger partial charge in [0.25, 0.3) is 0 Å². The molecule has 0 amide bonds. The van der Waals surface area contributed by atoms with Crippen molar-refractivity contribution in [3.63, 3.8) is 0 Å². The molecule has 0 heterocycles. The molecule has 0 aliphatic heterocycles. The van der Waals surface area contributed by atoms with Crippen molar-refractivity contribution in [2.75, 3.05) is 0 Å². The summed E-state index contributed by atoms with van der Waals surface area (Å²) in [4.78, 5) is 0. The van der Waals surface area contributed by atoms with E-state index in [1.54, 1.807) is 0 Å². The van der Waals surface area contributed by atoms with Gasteiger partial charge in [-0.1, -0.05) is 64.7 Å². The fourth-order valence-corrected chi connectivity index (χ4v) is 2.46. The molecule has 0 saturated heterocycles. The van der Waals surface area contributed by atoms with Gasteiger partial charge in [-0.3, -0.25) is 0 Å². The van der Waals surface area contributed by atoms with E-state index in [1.165, 1.54) is 77.0 Å². The fraction of sp³-hybridized carbons (Fsp3) is 0.929. The van der Waals surface area contributed by atoms with E-state index < -0.39 is 0 Å². The maximum absolute atomic E-state index is 2.29. The van der Waals surface area contributed by atoms with Crippen molar-refractivity contribution in [2.24, 2.45) is 0 Å². The third-order valence-corrected chi connectivity index (χ3v) is 3.44. The molecule has 0 N–H and O–H groups in total. The van der Waals surface area contributed by atoms with Gasteiger partial charge in [-0.25, -0.2) is 0 Å². The first-order chi connectivity index (χ1) is 6.93. The maximum Gasteiger partial charge on any atom is -0.0241 e. The topological polar surface area (TPSA) is 0 Å². The van der Waals surface area contributed by atoms with E-state index >= 15 is 0 Å². The van der Waals surface area contributed by atoms with E-state index in [9.17, 15) is 0 Å². The second-order valence-corrected chi connectivity index (χ2v) is 4.83. The Hall–Kier alpha value is 0. The number of hydrogen-bond donors (Lipinski definition) is 0. The summed E-state index contributed by atoms with van der Waals surface area (Å²) in [6.45, 7) is 2.29. The van der Waals surface area contributed by atoms with Crippen LogP contribution < -0.4 is 0 Å². The van der Waals surface area contributed by atoms with E-state index in [1.807, 2.05) is 5.92 Å². The van der Waals surface area contributed by atoms with Crippen LogP contribution in [-0.2, 0) is 0 Å². The molecule has 0 aromatic heterocycles. The first-order valence-corrected chi connectivity index (χ1v) is 6.77. The zero-order valence-electron chi connectivity index (χ0n) is 9.99. The van der Waals surface area contributed by atoms with Crippen LogP contribution in [0.3, 0.4) is 0 Å². The van der Waals surface area contributed by atoms with Crippen LogP contribution in [0.4, 0.5) is 0 Å². The summed E-state index contributed by atoms with van der Waals surface area (Å²) in [5.41, 5.74) is 0. The molecule has 0 bridgehead atoms. The SMILES string of the molecule is CCCCCC[C]1CCCCCCC1. The lowest BCUT2D eigenvalue weighted by Gasteiger charge is -2.18. The van der Waals surface area contributed by atoms with Crippen molar-refractivity contribution in [3.8, 4) is 0 Å². The highest BCUT2D eigenvalue weighted by Crippen LogP contribution is 2.28. The molecule has 14 heavy (non-hydrogen) atoms. The Kier molecular flexibility index (Phi) is 7.17. The van der Waals surface area contributed by atoms with Crippen molar-refractivity contribution in [1.29, 1.82) is 0 Å². The van der Waals surface area contributed by atoms with Gasteiger partial charge in [-0.05, 0) is 25.2 Å². The average molecular weight is 195 g/mol. The molecule has 0 nitrogen and oxygen atoms in total. The minimum Gasteiger partial charge on any atom is -0.0654 e. The summed E-state index contributed by atoms with van der Waals surface area (Å²) in [6, 6.07) is 0. The lowest BCUT2D eigenvalue weighted by molar-refractivity contribution is 0.491. The molecule has 0 atom stereocenters. The summed E-state index contributed by atoms with van der Waals surface area (Å²) in [7, 11) is 0. The second-order valence-electron chi connectivity index (χ2n) is 4.83. The predicted octanol–water partition coefficient (Wildman–Crippen LogP) is 5.28. The fourth-order valence-electron chi connectivity index (χ4n) is 2.46. The Bertz CT molecular complexity index is 109. The largest absolute Gasteiger partial charge is 0.0654 e. The van der Waals surface area contributed by atoms with E-state index in [-0.39, 0.29) is 0 Å². The standard InChI is InChI=1S/C14H27/c1-2-3-4-8-11-14-12-9-6-5-7-10-13-14/h2-13H2,1H3. The van der Waals surface area contributed by atoms with Crippen LogP contribution in [-0.4, -0.2) is 0 Å². The molecule has 0 aromatic carbocycles. The first-order valence-electron chi connectivity index (χ1n) is 6.77. The van der Waals surface area contributed by atoms with Crippen LogP contribution in [0, 0.1) is 5.92 Å². The van der Waals surface area contributed by atoms with E-state index in [0.29, 0.717) is 0 Å². The first kappa shape index (κ1) is 12.1. The molecular weight excluding hydrogens is 168 g/mol. The lowest BCUT2D eigenvalue weighted by atomic mass is 9.87. The molecule has 1 aliphatic carbocycles.